The van der Waals surface area contributed by atoms with Crippen LogP contribution in [0.1, 0.15) is 24.4 Å². The monoisotopic (exact) mass is 329 g/mol. The normalized spacial score (nSPS) is 18.3. The average molecular weight is 329 g/mol. The van der Waals surface area contributed by atoms with E-state index in [0.717, 1.165) is 35.6 Å². The van der Waals surface area contributed by atoms with Crippen molar-refractivity contribution in [2.24, 2.45) is 7.05 Å². The van der Waals surface area contributed by atoms with Crippen molar-refractivity contribution in [3.05, 3.63) is 48.2 Å². The summed E-state index contributed by atoms with van der Waals surface area (Å²) in [5.41, 5.74) is 1.37. The molecule has 1 aliphatic heterocycles. The van der Waals surface area contributed by atoms with Crippen LogP contribution in [0.2, 0.25) is 0 Å². The largest absolute Gasteiger partial charge is 0.453 e. The quantitative estimate of drug-likeness (QED) is 0.736. The molecule has 6 nitrogen and oxygen atoms in total. The molecular weight excluding hydrogens is 310 g/mol. The second-order valence-electron chi connectivity index (χ2n) is 5.82. The van der Waals surface area contributed by atoms with Crippen molar-refractivity contribution >= 4 is 11.8 Å². The maximum Gasteiger partial charge on any atom is 0.198 e. The Morgan fingerprint density at radius 1 is 1.30 bits per heavy atom. The lowest BCUT2D eigenvalue weighted by Crippen LogP contribution is -2.35. The first-order chi connectivity index (χ1) is 11.2. The van der Waals surface area contributed by atoms with Gasteiger partial charge in [0.05, 0.1) is 6.54 Å². The van der Waals surface area contributed by atoms with Crippen LogP contribution in [0.3, 0.4) is 0 Å². The minimum Gasteiger partial charge on any atom is -0.453 e. The summed E-state index contributed by atoms with van der Waals surface area (Å²) in [7, 11) is 1.93. The molecule has 0 bridgehead atoms. The zero-order valence-electron chi connectivity index (χ0n) is 13.2. The summed E-state index contributed by atoms with van der Waals surface area (Å²) in [5, 5.41) is 9.63. The molecular formula is C16H19N5OS. The van der Waals surface area contributed by atoms with Crippen molar-refractivity contribution in [3.8, 4) is 0 Å². The Labute approximate surface area is 139 Å². The van der Waals surface area contributed by atoms with Gasteiger partial charge in [0.2, 0.25) is 0 Å². The standard InChI is InChI=1S/C16H19N5OS/c1-12-14-4-3-7-20(14)8-9-21(12)10-13-5-6-15(22-13)23-16-18-17-11-19(16)2/h3-7,11-12H,8-10H2,1-2H3/t12-/m0/s1. The first-order valence-electron chi connectivity index (χ1n) is 7.70. The summed E-state index contributed by atoms with van der Waals surface area (Å²) in [4.78, 5) is 2.45. The molecule has 3 aromatic heterocycles. The molecule has 0 aliphatic carbocycles. The number of furan rings is 1. The van der Waals surface area contributed by atoms with Crippen LogP contribution in [0.15, 0.2) is 51.5 Å². The van der Waals surface area contributed by atoms with Crippen LogP contribution < -0.4 is 0 Å². The lowest BCUT2D eigenvalue weighted by molar-refractivity contribution is 0.146. The second-order valence-corrected chi connectivity index (χ2v) is 6.79. The van der Waals surface area contributed by atoms with Crippen molar-refractivity contribution < 1.29 is 4.42 Å². The van der Waals surface area contributed by atoms with Crippen LogP contribution in [0.4, 0.5) is 0 Å². The summed E-state index contributed by atoms with van der Waals surface area (Å²) in [6.45, 7) is 5.15. The van der Waals surface area contributed by atoms with Gasteiger partial charge in [-0.1, -0.05) is 0 Å². The van der Waals surface area contributed by atoms with E-state index in [-0.39, 0.29) is 0 Å². The SMILES string of the molecule is C[C@H]1c2cccn2CCN1Cc1ccc(Sc2nncn2C)o1. The fourth-order valence-corrected chi connectivity index (χ4v) is 3.74. The molecule has 0 N–H and O–H groups in total. The molecule has 0 saturated heterocycles. The van der Waals surface area contributed by atoms with Gasteiger partial charge in [0.15, 0.2) is 10.2 Å². The first-order valence-corrected chi connectivity index (χ1v) is 8.52. The fourth-order valence-electron chi connectivity index (χ4n) is 3.00. The van der Waals surface area contributed by atoms with Gasteiger partial charge in [-0.3, -0.25) is 4.90 Å². The molecule has 1 aliphatic rings. The van der Waals surface area contributed by atoms with Gasteiger partial charge in [0.1, 0.15) is 12.1 Å². The zero-order chi connectivity index (χ0) is 15.8. The predicted molar refractivity (Wildman–Crippen MR) is 87.1 cm³/mol. The average Bonchev–Trinajstić information content (AvgIpc) is 3.25. The highest BCUT2D eigenvalue weighted by atomic mass is 32.2. The molecule has 1 atom stereocenters. The van der Waals surface area contributed by atoms with Gasteiger partial charge < -0.3 is 13.6 Å². The van der Waals surface area contributed by atoms with E-state index < -0.39 is 0 Å². The van der Waals surface area contributed by atoms with Crippen molar-refractivity contribution in [2.45, 2.75) is 36.3 Å². The number of hydrogen-bond acceptors (Lipinski definition) is 5. The Morgan fingerprint density at radius 3 is 3.04 bits per heavy atom. The van der Waals surface area contributed by atoms with Crippen LogP contribution in [0.25, 0.3) is 0 Å². The van der Waals surface area contributed by atoms with E-state index in [2.05, 4.69) is 51.0 Å². The number of nitrogens with zero attached hydrogens (tertiary/aromatic N) is 5. The summed E-state index contributed by atoms with van der Waals surface area (Å²) < 4.78 is 10.2. The molecule has 0 fully saturated rings. The maximum absolute atomic E-state index is 5.97. The molecule has 0 spiro atoms. The number of rotatable bonds is 4. The highest BCUT2D eigenvalue weighted by molar-refractivity contribution is 7.99. The van der Waals surface area contributed by atoms with Gasteiger partial charge in [-0.25, -0.2) is 0 Å². The summed E-state index contributed by atoms with van der Waals surface area (Å²) in [6.07, 6.45) is 3.85. The Bertz CT molecular complexity index is 805. The maximum atomic E-state index is 5.97. The Balaban J connectivity index is 1.45. The van der Waals surface area contributed by atoms with Gasteiger partial charge in [-0.2, -0.15) is 0 Å². The molecule has 0 unspecified atom stereocenters. The first kappa shape index (κ1) is 14.6. The summed E-state index contributed by atoms with van der Waals surface area (Å²) in [6, 6.07) is 8.79. The van der Waals surface area contributed by atoms with Gasteiger partial charge >= 0.3 is 0 Å². The van der Waals surface area contributed by atoms with E-state index in [1.807, 2.05) is 17.7 Å². The van der Waals surface area contributed by atoms with E-state index in [9.17, 15) is 0 Å². The van der Waals surface area contributed by atoms with Crippen LogP contribution >= 0.6 is 11.8 Å². The van der Waals surface area contributed by atoms with Gasteiger partial charge in [-0.15, -0.1) is 10.2 Å². The Hall–Kier alpha value is -1.99. The summed E-state index contributed by atoms with van der Waals surface area (Å²) >= 11 is 1.49. The van der Waals surface area contributed by atoms with Crippen molar-refractivity contribution in [3.63, 3.8) is 0 Å². The lowest BCUT2D eigenvalue weighted by atomic mass is 10.1. The van der Waals surface area contributed by atoms with E-state index in [4.69, 9.17) is 4.42 Å². The number of fused-ring (bicyclic) bond motifs is 1. The molecule has 23 heavy (non-hydrogen) atoms. The van der Waals surface area contributed by atoms with Crippen molar-refractivity contribution in [1.82, 2.24) is 24.2 Å². The fraction of sp³-hybridized carbons (Fsp3) is 0.375. The highest BCUT2D eigenvalue weighted by Gasteiger charge is 2.24. The molecule has 0 aromatic carbocycles. The molecule has 4 rings (SSSR count). The van der Waals surface area contributed by atoms with E-state index >= 15 is 0 Å². The van der Waals surface area contributed by atoms with Gasteiger partial charge in [0.25, 0.3) is 0 Å². The van der Waals surface area contributed by atoms with Crippen molar-refractivity contribution in [2.75, 3.05) is 6.54 Å². The van der Waals surface area contributed by atoms with E-state index in [1.54, 1.807) is 6.33 Å². The highest BCUT2D eigenvalue weighted by Crippen LogP contribution is 2.30. The van der Waals surface area contributed by atoms with Crippen LogP contribution in [-0.2, 0) is 20.1 Å². The smallest absolute Gasteiger partial charge is 0.198 e. The van der Waals surface area contributed by atoms with E-state index in [0.29, 0.717) is 6.04 Å². The lowest BCUT2D eigenvalue weighted by Gasteiger charge is -2.34. The van der Waals surface area contributed by atoms with Crippen LogP contribution in [0.5, 0.6) is 0 Å². The minimum absolute atomic E-state index is 0.402. The summed E-state index contributed by atoms with van der Waals surface area (Å²) in [5.74, 6) is 0.988. The predicted octanol–water partition coefficient (Wildman–Crippen LogP) is 2.94. The molecule has 7 heteroatoms. The Morgan fingerprint density at radius 2 is 2.22 bits per heavy atom. The Kier molecular flexibility index (Phi) is 3.74. The number of hydrogen-bond donors (Lipinski definition) is 0. The molecule has 0 amide bonds. The van der Waals surface area contributed by atoms with E-state index in [1.165, 1.54) is 17.5 Å². The zero-order valence-corrected chi connectivity index (χ0v) is 14.0. The van der Waals surface area contributed by atoms with Crippen molar-refractivity contribution in [1.29, 1.82) is 0 Å². The second kappa shape index (κ2) is 5.90. The van der Waals surface area contributed by atoms with Crippen LogP contribution in [-0.4, -0.2) is 30.8 Å². The molecule has 0 radical (unpaired) electrons. The third-order valence-corrected chi connectivity index (χ3v) is 5.30. The topological polar surface area (TPSA) is 52.0 Å². The third-order valence-electron chi connectivity index (χ3n) is 4.33. The number of aryl methyl sites for hydroxylation is 1. The molecule has 4 heterocycles. The minimum atomic E-state index is 0.402. The molecule has 0 saturated carbocycles. The molecule has 120 valence electrons. The van der Waals surface area contributed by atoms with Gasteiger partial charge in [0, 0.05) is 38.1 Å². The number of aromatic nitrogens is 4. The third kappa shape index (κ3) is 2.82. The molecule has 3 aromatic rings. The van der Waals surface area contributed by atoms with Gasteiger partial charge in [-0.05, 0) is 43.0 Å². The van der Waals surface area contributed by atoms with Crippen LogP contribution in [0, 0.1) is 0 Å².